The summed E-state index contributed by atoms with van der Waals surface area (Å²) in [4.78, 5) is 11.0. The first-order valence-corrected chi connectivity index (χ1v) is 4.27. The molecule has 1 rings (SSSR count). The van der Waals surface area contributed by atoms with Crippen molar-refractivity contribution in [3.05, 3.63) is 0 Å². The molecule has 0 aromatic heterocycles. The van der Waals surface area contributed by atoms with E-state index >= 15 is 0 Å². The molecule has 0 aromatic carbocycles. The second-order valence-corrected chi connectivity index (χ2v) is 2.88. The molecule has 1 aliphatic rings. The molecule has 0 radical (unpaired) electrons. The molecule has 0 aliphatic heterocycles. The lowest BCUT2D eigenvalue weighted by Crippen LogP contribution is -2.45. The molecule has 66 valence electrons. The van der Waals surface area contributed by atoms with Gasteiger partial charge in [-0.05, 0) is 26.2 Å². The van der Waals surface area contributed by atoms with Crippen molar-refractivity contribution in [2.45, 2.75) is 32.2 Å². The lowest BCUT2D eigenvalue weighted by molar-refractivity contribution is 0.229. The topological polar surface area (TPSA) is 41.1 Å². The van der Waals surface area contributed by atoms with E-state index in [-0.39, 0.29) is 6.03 Å². The highest BCUT2D eigenvalue weighted by Gasteiger charge is 2.18. The number of carbonyl (C=O) groups is 1. The molecule has 0 heterocycles. The lowest BCUT2D eigenvalue weighted by atomic mass is 9.93. The summed E-state index contributed by atoms with van der Waals surface area (Å²) in [7, 11) is 0. The van der Waals surface area contributed by atoms with Crippen LogP contribution >= 0.6 is 0 Å². The maximum atomic E-state index is 11.0. The average Bonchev–Trinajstić information content (AvgIpc) is 1.98. The van der Waals surface area contributed by atoms with Crippen molar-refractivity contribution in [3.8, 4) is 11.8 Å². The van der Waals surface area contributed by atoms with Crippen LogP contribution in [0.4, 0.5) is 4.79 Å². The predicted molar refractivity (Wildman–Crippen MR) is 47.6 cm³/mol. The first-order valence-electron chi connectivity index (χ1n) is 4.27. The standard InChI is InChI=1S/C9H14N2O/c1-2-3-7-10-9(12)11-8-5-4-6-8/h8H,4-7H2,1H3,(H2,10,11,12). The fraction of sp³-hybridized carbons (Fsp3) is 0.667. The van der Waals surface area contributed by atoms with Crippen LogP contribution in [-0.4, -0.2) is 18.6 Å². The fourth-order valence-corrected chi connectivity index (χ4v) is 1.00. The number of hydrogen-bond acceptors (Lipinski definition) is 1. The number of nitrogens with one attached hydrogen (secondary N) is 2. The first kappa shape index (κ1) is 8.92. The van der Waals surface area contributed by atoms with Gasteiger partial charge in [0.2, 0.25) is 0 Å². The Morgan fingerprint density at radius 2 is 2.33 bits per heavy atom. The molecule has 3 heteroatoms. The summed E-state index contributed by atoms with van der Waals surface area (Å²) >= 11 is 0. The van der Waals surface area contributed by atoms with Crippen LogP contribution in [0.2, 0.25) is 0 Å². The van der Waals surface area contributed by atoms with Gasteiger partial charge in [0, 0.05) is 6.04 Å². The molecule has 0 spiro atoms. The Morgan fingerprint density at radius 1 is 1.58 bits per heavy atom. The summed E-state index contributed by atoms with van der Waals surface area (Å²) in [5, 5.41) is 5.52. The highest BCUT2D eigenvalue weighted by molar-refractivity contribution is 5.74. The van der Waals surface area contributed by atoms with E-state index in [0.717, 1.165) is 12.8 Å². The van der Waals surface area contributed by atoms with Gasteiger partial charge >= 0.3 is 6.03 Å². The Kier molecular flexibility index (Phi) is 3.46. The van der Waals surface area contributed by atoms with Gasteiger partial charge in [-0.3, -0.25) is 0 Å². The van der Waals surface area contributed by atoms with Crippen molar-refractivity contribution < 1.29 is 4.79 Å². The monoisotopic (exact) mass is 166 g/mol. The third-order valence-corrected chi connectivity index (χ3v) is 1.95. The van der Waals surface area contributed by atoms with Crippen LogP contribution in [0.25, 0.3) is 0 Å². The van der Waals surface area contributed by atoms with Crippen molar-refractivity contribution in [1.82, 2.24) is 10.6 Å². The molecule has 0 saturated heterocycles. The molecule has 1 saturated carbocycles. The van der Waals surface area contributed by atoms with Crippen LogP contribution < -0.4 is 10.6 Å². The summed E-state index contributed by atoms with van der Waals surface area (Å²) in [6.45, 7) is 2.20. The molecular weight excluding hydrogens is 152 g/mol. The van der Waals surface area contributed by atoms with Crippen LogP contribution in [0, 0.1) is 11.8 Å². The number of amides is 2. The number of urea groups is 1. The van der Waals surface area contributed by atoms with Gasteiger partial charge in [-0.25, -0.2) is 4.79 Å². The number of carbonyl (C=O) groups excluding carboxylic acids is 1. The lowest BCUT2D eigenvalue weighted by Gasteiger charge is -2.26. The molecule has 0 atom stereocenters. The Labute approximate surface area is 72.9 Å². The second kappa shape index (κ2) is 4.66. The summed E-state index contributed by atoms with van der Waals surface area (Å²) in [5.41, 5.74) is 0. The van der Waals surface area contributed by atoms with Gasteiger partial charge in [0.05, 0.1) is 6.54 Å². The zero-order chi connectivity index (χ0) is 8.81. The Bertz CT molecular complexity index is 210. The second-order valence-electron chi connectivity index (χ2n) is 2.88. The maximum absolute atomic E-state index is 11.0. The Hall–Kier alpha value is -1.17. The Balaban J connectivity index is 2.05. The third kappa shape index (κ3) is 2.83. The van der Waals surface area contributed by atoms with Crippen molar-refractivity contribution in [3.63, 3.8) is 0 Å². The quantitative estimate of drug-likeness (QED) is 0.587. The zero-order valence-electron chi connectivity index (χ0n) is 7.31. The minimum absolute atomic E-state index is 0.0950. The molecule has 12 heavy (non-hydrogen) atoms. The van der Waals surface area contributed by atoms with Crippen molar-refractivity contribution in [1.29, 1.82) is 0 Å². The molecule has 0 unspecified atom stereocenters. The normalized spacial score (nSPS) is 15.4. The molecule has 3 nitrogen and oxygen atoms in total. The highest BCUT2D eigenvalue weighted by Crippen LogP contribution is 2.17. The summed E-state index contributed by atoms with van der Waals surface area (Å²) in [6.07, 6.45) is 3.47. The zero-order valence-corrected chi connectivity index (χ0v) is 7.31. The van der Waals surface area contributed by atoms with E-state index in [1.54, 1.807) is 6.92 Å². The van der Waals surface area contributed by atoms with E-state index in [4.69, 9.17) is 0 Å². The van der Waals surface area contributed by atoms with Crippen LogP contribution in [0.1, 0.15) is 26.2 Å². The average molecular weight is 166 g/mol. The smallest absolute Gasteiger partial charge is 0.315 e. The van der Waals surface area contributed by atoms with Gasteiger partial charge in [0.15, 0.2) is 0 Å². The predicted octanol–water partition coefficient (Wildman–Crippen LogP) is 0.861. The molecule has 1 aliphatic carbocycles. The van der Waals surface area contributed by atoms with Gasteiger partial charge in [-0.15, -0.1) is 5.92 Å². The summed E-state index contributed by atoms with van der Waals surface area (Å²) in [6, 6.07) is 0.307. The van der Waals surface area contributed by atoms with Gasteiger partial charge in [0.1, 0.15) is 0 Å². The minimum Gasteiger partial charge on any atom is -0.335 e. The van der Waals surface area contributed by atoms with E-state index in [0.29, 0.717) is 12.6 Å². The number of hydrogen-bond donors (Lipinski definition) is 2. The van der Waals surface area contributed by atoms with Crippen LogP contribution in [0.15, 0.2) is 0 Å². The van der Waals surface area contributed by atoms with E-state index in [2.05, 4.69) is 22.5 Å². The van der Waals surface area contributed by atoms with Crippen molar-refractivity contribution in [2.75, 3.05) is 6.54 Å². The van der Waals surface area contributed by atoms with Gasteiger partial charge in [-0.2, -0.15) is 0 Å². The van der Waals surface area contributed by atoms with E-state index in [1.807, 2.05) is 0 Å². The van der Waals surface area contributed by atoms with Crippen molar-refractivity contribution >= 4 is 6.03 Å². The SMILES string of the molecule is CC#CCNC(=O)NC1CCC1. The van der Waals surface area contributed by atoms with E-state index in [1.165, 1.54) is 6.42 Å². The van der Waals surface area contributed by atoms with Crippen LogP contribution in [-0.2, 0) is 0 Å². The van der Waals surface area contributed by atoms with Gasteiger partial charge in [-0.1, -0.05) is 5.92 Å². The van der Waals surface area contributed by atoms with E-state index < -0.39 is 0 Å². The fourth-order valence-electron chi connectivity index (χ4n) is 1.00. The molecule has 1 fully saturated rings. The Morgan fingerprint density at radius 3 is 2.83 bits per heavy atom. The summed E-state index contributed by atoms with van der Waals surface area (Å²) < 4.78 is 0. The van der Waals surface area contributed by atoms with Gasteiger partial charge in [0.25, 0.3) is 0 Å². The van der Waals surface area contributed by atoms with Crippen molar-refractivity contribution in [2.24, 2.45) is 0 Å². The summed E-state index contributed by atoms with van der Waals surface area (Å²) in [5.74, 6) is 5.48. The van der Waals surface area contributed by atoms with Gasteiger partial charge < -0.3 is 10.6 Å². The number of rotatable bonds is 2. The third-order valence-electron chi connectivity index (χ3n) is 1.95. The largest absolute Gasteiger partial charge is 0.335 e. The molecule has 0 aromatic rings. The van der Waals surface area contributed by atoms with Crippen LogP contribution in [0.3, 0.4) is 0 Å². The molecule has 2 N–H and O–H groups in total. The molecule has 0 bridgehead atoms. The first-order chi connectivity index (χ1) is 5.83. The van der Waals surface area contributed by atoms with E-state index in [9.17, 15) is 4.79 Å². The van der Waals surface area contributed by atoms with Crippen LogP contribution in [0.5, 0.6) is 0 Å². The maximum Gasteiger partial charge on any atom is 0.315 e. The molecule has 2 amide bonds. The highest BCUT2D eigenvalue weighted by atomic mass is 16.2. The molecular formula is C9H14N2O. The minimum atomic E-state index is -0.0950.